The SMILES string of the molecule is NCCOCCF. The van der Waals surface area contributed by atoms with E-state index in [9.17, 15) is 4.39 Å². The molecule has 0 amide bonds. The van der Waals surface area contributed by atoms with Gasteiger partial charge in [0.05, 0.1) is 13.2 Å². The maximum atomic E-state index is 11.2. The summed E-state index contributed by atoms with van der Waals surface area (Å²) in [5.74, 6) is 0. The van der Waals surface area contributed by atoms with Crippen molar-refractivity contribution >= 4 is 0 Å². The molecule has 0 rings (SSSR count). The molecule has 0 saturated carbocycles. The van der Waals surface area contributed by atoms with Crippen LogP contribution in [0.25, 0.3) is 0 Å². The molecule has 0 radical (unpaired) electrons. The smallest absolute Gasteiger partial charge is 0.113 e. The summed E-state index contributed by atoms with van der Waals surface area (Å²) in [6.07, 6.45) is 0. The highest BCUT2D eigenvalue weighted by molar-refractivity contribution is 4.29. The second kappa shape index (κ2) is 5.85. The average Bonchev–Trinajstić information content (AvgIpc) is 1.69. The molecule has 0 aromatic carbocycles. The van der Waals surface area contributed by atoms with Gasteiger partial charge in [0.1, 0.15) is 6.67 Å². The fourth-order valence-electron chi connectivity index (χ4n) is 0.240. The fourth-order valence-corrected chi connectivity index (χ4v) is 0.240. The van der Waals surface area contributed by atoms with Crippen LogP contribution >= 0.6 is 0 Å². The molecule has 0 atom stereocenters. The predicted molar refractivity (Wildman–Crippen MR) is 25.8 cm³/mol. The Balaban J connectivity index is 2.45. The largest absolute Gasteiger partial charge is 0.377 e. The van der Waals surface area contributed by atoms with Crippen molar-refractivity contribution in [1.82, 2.24) is 0 Å². The topological polar surface area (TPSA) is 35.2 Å². The number of halogens is 1. The number of rotatable bonds is 4. The molecule has 0 aliphatic heterocycles. The Morgan fingerprint density at radius 3 is 2.57 bits per heavy atom. The van der Waals surface area contributed by atoms with Gasteiger partial charge in [-0.3, -0.25) is 0 Å². The minimum absolute atomic E-state index is 0.178. The van der Waals surface area contributed by atoms with E-state index in [1.165, 1.54) is 0 Å². The van der Waals surface area contributed by atoms with Crippen LogP contribution in [-0.4, -0.2) is 26.4 Å². The molecule has 0 spiro atoms. The number of alkyl halides is 1. The highest BCUT2D eigenvalue weighted by Gasteiger charge is 1.80. The van der Waals surface area contributed by atoms with Crippen molar-refractivity contribution in [3.8, 4) is 0 Å². The van der Waals surface area contributed by atoms with Gasteiger partial charge in [-0.05, 0) is 0 Å². The van der Waals surface area contributed by atoms with Crippen molar-refractivity contribution in [2.75, 3.05) is 26.4 Å². The van der Waals surface area contributed by atoms with E-state index < -0.39 is 6.67 Å². The number of nitrogens with two attached hydrogens (primary N) is 1. The summed E-state index contributed by atoms with van der Waals surface area (Å²) in [7, 11) is 0. The molecule has 0 unspecified atom stereocenters. The van der Waals surface area contributed by atoms with E-state index in [4.69, 9.17) is 5.73 Å². The maximum Gasteiger partial charge on any atom is 0.113 e. The Morgan fingerprint density at radius 2 is 2.14 bits per heavy atom. The van der Waals surface area contributed by atoms with Crippen LogP contribution in [0.15, 0.2) is 0 Å². The molecular weight excluding hydrogens is 97.0 g/mol. The molecule has 0 bridgehead atoms. The predicted octanol–water partition coefficient (Wildman–Crippen LogP) is -0.0688. The second-order valence-electron chi connectivity index (χ2n) is 1.09. The van der Waals surface area contributed by atoms with Crippen LogP contribution in [0.5, 0.6) is 0 Å². The van der Waals surface area contributed by atoms with E-state index in [0.29, 0.717) is 13.2 Å². The molecule has 7 heavy (non-hydrogen) atoms. The minimum Gasteiger partial charge on any atom is -0.377 e. The third-order valence-electron chi connectivity index (χ3n) is 0.484. The van der Waals surface area contributed by atoms with E-state index in [-0.39, 0.29) is 6.61 Å². The van der Waals surface area contributed by atoms with E-state index in [2.05, 4.69) is 4.74 Å². The first-order valence-electron chi connectivity index (χ1n) is 2.25. The van der Waals surface area contributed by atoms with E-state index in [1.54, 1.807) is 0 Å². The monoisotopic (exact) mass is 107 g/mol. The highest BCUT2D eigenvalue weighted by atomic mass is 19.1. The fraction of sp³-hybridized carbons (Fsp3) is 1.00. The summed E-state index contributed by atoms with van der Waals surface area (Å²) in [5.41, 5.74) is 5.02. The van der Waals surface area contributed by atoms with Crippen LogP contribution in [0.2, 0.25) is 0 Å². The lowest BCUT2D eigenvalue weighted by molar-refractivity contribution is 0.126. The summed E-state index contributed by atoms with van der Waals surface area (Å²) >= 11 is 0. The molecule has 0 saturated heterocycles. The second-order valence-corrected chi connectivity index (χ2v) is 1.09. The molecule has 0 aliphatic carbocycles. The van der Waals surface area contributed by atoms with Crippen LogP contribution in [0.3, 0.4) is 0 Å². The summed E-state index contributed by atoms with van der Waals surface area (Å²) in [6, 6.07) is 0. The lowest BCUT2D eigenvalue weighted by Crippen LogP contribution is -2.09. The van der Waals surface area contributed by atoms with Crippen LogP contribution in [0.1, 0.15) is 0 Å². The van der Waals surface area contributed by atoms with Gasteiger partial charge >= 0.3 is 0 Å². The molecule has 0 aromatic heterocycles. The van der Waals surface area contributed by atoms with E-state index >= 15 is 0 Å². The summed E-state index contributed by atoms with van der Waals surface area (Å²) in [6.45, 7) is 0.696. The summed E-state index contributed by atoms with van der Waals surface area (Å²) in [5, 5.41) is 0. The maximum absolute atomic E-state index is 11.2. The molecule has 3 heteroatoms. The van der Waals surface area contributed by atoms with Gasteiger partial charge in [0, 0.05) is 6.54 Å². The zero-order chi connectivity index (χ0) is 5.54. The van der Waals surface area contributed by atoms with Crippen molar-refractivity contribution in [3.05, 3.63) is 0 Å². The Bertz CT molecular complexity index is 30.9. The highest BCUT2D eigenvalue weighted by Crippen LogP contribution is 1.71. The van der Waals surface area contributed by atoms with E-state index in [0.717, 1.165) is 0 Å². The third-order valence-corrected chi connectivity index (χ3v) is 0.484. The first-order valence-corrected chi connectivity index (χ1v) is 2.25. The van der Waals surface area contributed by atoms with Crippen molar-refractivity contribution in [2.24, 2.45) is 5.73 Å². The summed E-state index contributed by atoms with van der Waals surface area (Å²) in [4.78, 5) is 0. The Hall–Kier alpha value is -0.150. The quantitative estimate of drug-likeness (QED) is 0.510. The van der Waals surface area contributed by atoms with Crippen LogP contribution in [-0.2, 0) is 4.74 Å². The Kier molecular flexibility index (Phi) is 5.72. The van der Waals surface area contributed by atoms with E-state index in [1.807, 2.05) is 0 Å². The van der Waals surface area contributed by atoms with Crippen LogP contribution < -0.4 is 5.73 Å². The number of hydrogen-bond acceptors (Lipinski definition) is 2. The van der Waals surface area contributed by atoms with Gasteiger partial charge in [-0.1, -0.05) is 0 Å². The molecule has 0 fully saturated rings. The standard InChI is InChI=1S/C4H10FNO/c5-1-3-7-4-2-6/h1-4,6H2. The minimum atomic E-state index is -0.417. The average molecular weight is 107 g/mol. The van der Waals surface area contributed by atoms with Crippen molar-refractivity contribution in [1.29, 1.82) is 0 Å². The number of hydrogen-bond donors (Lipinski definition) is 1. The molecule has 2 N–H and O–H groups in total. The van der Waals surface area contributed by atoms with Gasteiger partial charge < -0.3 is 10.5 Å². The molecule has 44 valence electrons. The molecule has 0 aromatic rings. The summed E-state index contributed by atoms with van der Waals surface area (Å²) < 4.78 is 15.8. The van der Waals surface area contributed by atoms with Gasteiger partial charge in [0.15, 0.2) is 0 Å². The zero-order valence-electron chi connectivity index (χ0n) is 4.19. The van der Waals surface area contributed by atoms with Crippen molar-refractivity contribution in [3.63, 3.8) is 0 Å². The Labute approximate surface area is 42.5 Å². The molecular formula is C4H10FNO. The van der Waals surface area contributed by atoms with Crippen LogP contribution in [0.4, 0.5) is 4.39 Å². The normalized spacial score (nSPS) is 9.43. The first kappa shape index (κ1) is 6.85. The molecule has 2 nitrogen and oxygen atoms in total. The zero-order valence-corrected chi connectivity index (χ0v) is 4.19. The molecule has 0 aliphatic rings. The lowest BCUT2D eigenvalue weighted by Gasteiger charge is -1.94. The van der Waals surface area contributed by atoms with Gasteiger partial charge in [-0.25, -0.2) is 4.39 Å². The third kappa shape index (κ3) is 5.85. The van der Waals surface area contributed by atoms with Crippen molar-refractivity contribution in [2.45, 2.75) is 0 Å². The van der Waals surface area contributed by atoms with Gasteiger partial charge in [0.25, 0.3) is 0 Å². The number of ether oxygens (including phenoxy) is 1. The van der Waals surface area contributed by atoms with Crippen LogP contribution in [0, 0.1) is 0 Å². The lowest BCUT2D eigenvalue weighted by atomic mass is 10.7. The Morgan fingerprint density at radius 1 is 1.43 bits per heavy atom. The first-order chi connectivity index (χ1) is 3.41. The van der Waals surface area contributed by atoms with Gasteiger partial charge in [-0.2, -0.15) is 0 Å². The van der Waals surface area contributed by atoms with Gasteiger partial charge in [0.2, 0.25) is 0 Å². The van der Waals surface area contributed by atoms with Crippen molar-refractivity contribution < 1.29 is 9.13 Å². The van der Waals surface area contributed by atoms with Gasteiger partial charge in [-0.15, -0.1) is 0 Å². The molecule has 0 heterocycles.